The first-order valence-corrected chi connectivity index (χ1v) is 9.37. The number of aromatic nitrogens is 1. The van der Waals surface area contributed by atoms with E-state index in [-0.39, 0.29) is 11.3 Å². The molecule has 2 heterocycles. The first-order valence-electron chi connectivity index (χ1n) is 9.37. The Bertz CT molecular complexity index is 875. The molecule has 146 valence electrons. The van der Waals surface area contributed by atoms with E-state index in [1.165, 1.54) is 4.90 Å². The molecule has 28 heavy (non-hydrogen) atoms. The van der Waals surface area contributed by atoms with Gasteiger partial charge in [-0.05, 0) is 31.9 Å². The molecule has 6 nitrogen and oxygen atoms in total. The van der Waals surface area contributed by atoms with Crippen LogP contribution in [0.15, 0.2) is 54.4 Å². The van der Waals surface area contributed by atoms with E-state index in [1.54, 1.807) is 30.6 Å². The summed E-state index contributed by atoms with van der Waals surface area (Å²) in [6.07, 6.45) is 3.85. The lowest BCUT2D eigenvalue weighted by Gasteiger charge is -2.25. The number of hydrogen-bond acceptors (Lipinski definition) is 5. The Morgan fingerprint density at radius 2 is 1.96 bits per heavy atom. The number of aryl methyl sites for hydroxylation is 1. The standard InChI is InChI=1S/C22H24N2O4/c1-3-28-13-5-12-24-19(17-6-4-11-23-14-17)18(21(26)22(24)27)20(25)16-9-7-15(2)8-10-16/h4,6-11,14,19,25H,3,5,12-13H2,1-2H3/t19-/m0/s1. The highest BCUT2D eigenvalue weighted by Gasteiger charge is 2.45. The maximum Gasteiger partial charge on any atom is 0.295 e. The van der Waals surface area contributed by atoms with Gasteiger partial charge in [-0.15, -0.1) is 0 Å². The van der Waals surface area contributed by atoms with Crippen LogP contribution in [0.5, 0.6) is 0 Å². The molecule has 0 bridgehead atoms. The maximum absolute atomic E-state index is 12.8. The van der Waals surface area contributed by atoms with Crippen LogP contribution in [0.25, 0.3) is 5.76 Å². The lowest BCUT2D eigenvalue weighted by Crippen LogP contribution is -2.31. The fourth-order valence-electron chi connectivity index (χ4n) is 3.34. The van der Waals surface area contributed by atoms with Crippen molar-refractivity contribution in [1.82, 2.24) is 9.88 Å². The molecule has 6 heteroatoms. The summed E-state index contributed by atoms with van der Waals surface area (Å²) in [7, 11) is 0. The van der Waals surface area contributed by atoms with Crippen molar-refractivity contribution in [2.45, 2.75) is 26.3 Å². The van der Waals surface area contributed by atoms with Gasteiger partial charge in [-0.3, -0.25) is 14.6 Å². The minimum absolute atomic E-state index is 0.0956. The summed E-state index contributed by atoms with van der Waals surface area (Å²) in [4.78, 5) is 31.2. The van der Waals surface area contributed by atoms with Gasteiger partial charge in [0, 0.05) is 37.7 Å². The van der Waals surface area contributed by atoms with Crippen molar-refractivity contribution >= 4 is 17.4 Å². The summed E-state index contributed by atoms with van der Waals surface area (Å²) in [6.45, 7) is 5.30. The molecule has 0 radical (unpaired) electrons. The SMILES string of the molecule is CCOCCCN1C(=O)C(=O)C(=C(O)c2ccc(C)cc2)[C@@H]1c1cccnc1. The second-order valence-corrected chi connectivity index (χ2v) is 6.70. The number of amides is 1. The highest BCUT2D eigenvalue weighted by molar-refractivity contribution is 6.46. The van der Waals surface area contributed by atoms with Gasteiger partial charge in [-0.2, -0.15) is 0 Å². The summed E-state index contributed by atoms with van der Waals surface area (Å²) in [6, 6.07) is 10.1. The maximum atomic E-state index is 12.8. The number of aliphatic hydroxyl groups excluding tert-OH is 1. The van der Waals surface area contributed by atoms with Crippen LogP contribution in [-0.2, 0) is 14.3 Å². The average molecular weight is 380 g/mol. The van der Waals surface area contributed by atoms with E-state index < -0.39 is 17.7 Å². The number of pyridine rings is 1. The number of hydrogen-bond donors (Lipinski definition) is 1. The zero-order valence-electron chi connectivity index (χ0n) is 16.1. The molecular weight excluding hydrogens is 356 g/mol. The molecular formula is C22H24N2O4. The molecule has 0 saturated carbocycles. The molecule has 1 saturated heterocycles. The fraction of sp³-hybridized carbons (Fsp3) is 0.318. The molecule has 1 amide bonds. The number of Topliss-reactive ketones (excluding diaryl/α,β-unsaturated/α-hetero) is 1. The topological polar surface area (TPSA) is 79.7 Å². The zero-order chi connectivity index (χ0) is 20.1. The van der Waals surface area contributed by atoms with E-state index >= 15 is 0 Å². The summed E-state index contributed by atoms with van der Waals surface area (Å²) in [5.41, 5.74) is 2.33. The number of nitrogens with zero attached hydrogens (tertiary/aromatic N) is 2. The molecule has 1 fully saturated rings. The van der Waals surface area contributed by atoms with Gasteiger partial charge in [0.1, 0.15) is 5.76 Å². The van der Waals surface area contributed by atoms with E-state index in [2.05, 4.69) is 4.98 Å². The Labute approximate surface area is 164 Å². The molecule has 0 unspecified atom stereocenters. The van der Waals surface area contributed by atoms with Crippen LogP contribution in [-0.4, -0.2) is 46.4 Å². The highest BCUT2D eigenvalue weighted by Crippen LogP contribution is 2.39. The van der Waals surface area contributed by atoms with Crippen LogP contribution < -0.4 is 0 Å². The smallest absolute Gasteiger partial charge is 0.295 e. The molecule has 1 atom stereocenters. The Kier molecular flexibility index (Phi) is 6.21. The number of ketones is 1. The molecule has 1 aromatic heterocycles. The molecule has 0 spiro atoms. The van der Waals surface area contributed by atoms with Crippen molar-refractivity contribution in [3.05, 3.63) is 71.1 Å². The average Bonchev–Trinajstić information content (AvgIpc) is 2.97. The fourth-order valence-corrected chi connectivity index (χ4v) is 3.34. The van der Waals surface area contributed by atoms with Gasteiger partial charge in [-0.1, -0.05) is 35.9 Å². The lowest BCUT2D eigenvalue weighted by atomic mass is 9.96. The van der Waals surface area contributed by atoms with Crippen molar-refractivity contribution < 1.29 is 19.4 Å². The monoisotopic (exact) mass is 380 g/mol. The molecule has 1 aliphatic rings. The molecule has 1 N–H and O–H groups in total. The van der Waals surface area contributed by atoms with E-state index in [4.69, 9.17) is 4.74 Å². The molecule has 0 aliphatic carbocycles. The predicted molar refractivity (Wildman–Crippen MR) is 106 cm³/mol. The van der Waals surface area contributed by atoms with Crippen molar-refractivity contribution in [3.8, 4) is 0 Å². The Hall–Kier alpha value is -2.99. The number of ether oxygens (including phenoxy) is 1. The third-order valence-corrected chi connectivity index (χ3v) is 4.76. The van der Waals surface area contributed by atoms with Gasteiger partial charge < -0.3 is 14.7 Å². The zero-order valence-corrected chi connectivity index (χ0v) is 16.1. The van der Waals surface area contributed by atoms with E-state index in [0.717, 1.165) is 5.56 Å². The van der Waals surface area contributed by atoms with Gasteiger partial charge >= 0.3 is 0 Å². The van der Waals surface area contributed by atoms with Crippen LogP contribution in [0.4, 0.5) is 0 Å². The first kappa shape index (κ1) is 19.8. The Balaban J connectivity index is 2.03. The normalized spacial score (nSPS) is 18.6. The molecule has 1 aliphatic heterocycles. The molecule has 1 aromatic carbocycles. The van der Waals surface area contributed by atoms with Crippen LogP contribution >= 0.6 is 0 Å². The Morgan fingerprint density at radius 3 is 2.61 bits per heavy atom. The second kappa shape index (κ2) is 8.80. The quantitative estimate of drug-likeness (QED) is 0.345. The van der Waals surface area contributed by atoms with Gasteiger partial charge in [0.2, 0.25) is 0 Å². The van der Waals surface area contributed by atoms with Gasteiger partial charge in [0.05, 0.1) is 11.6 Å². The summed E-state index contributed by atoms with van der Waals surface area (Å²) >= 11 is 0. The number of carbonyl (C=O) groups is 2. The Morgan fingerprint density at radius 1 is 1.21 bits per heavy atom. The van der Waals surface area contributed by atoms with E-state index in [1.807, 2.05) is 32.0 Å². The van der Waals surface area contributed by atoms with Crippen molar-refractivity contribution in [3.63, 3.8) is 0 Å². The first-order chi connectivity index (χ1) is 13.5. The van der Waals surface area contributed by atoms with E-state index in [0.29, 0.717) is 37.3 Å². The number of likely N-dealkylation sites (tertiary alicyclic amines) is 1. The minimum atomic E-state index is -0.677. The highest BCUT2D eigenvalue weighted by atomic mass is 16.5. The third kappa shape index (κ3) is 3.97. The molecule has 2 aromatic rings. The van der Waals surface area contributed by atoms with Crippen molar-refractivity contribution in [2.24, 2.45) is 0 Å². The van der Waals surface area contributed by atoms with Crippen molar-refractivity contribution in [1.29, 1.82) is 0 Å². The van der Waals surface area contributed by atoms with Crippen LogP contribution in [0.3, 0.4) is 0 Å². The number of aliphatic hydroxyl groups is 1. The minimum Gasteiger partial charge on any atom is -0.507 e. The second-order valence-electron chi connectivity index (χ2n) is 6.70. The third-order valence-electron chi connectivity index (χ3n) is 4.76. The van der Waals surface area contributed by atoms with Gasteiger partial charge in [-0.25, -0.2) is 0 Å². The van der Waals surface area contributed by atoms with E-state index in [9.17, 15) is 14.7 Å². The largest absolute Gasteiger partial charge is 0.507 e. The van der Waals surface area contributed by atoms with Crippen LogP contribution in [0, 0.1) is 6.92 Å². The number of rotatable bonds is 7. The number of carbonyl (C=O) groups excluding carboxylic acids is 2. The van der Waals surface area contributed by atoms with Crippen LogP contribution in [0.1, 0.15) is 36.1 Å². The summed E-state index contributed by atoms with van der Waals surface area (Å²) in [5, 5.41) is 10.9. The lowest BCUT2D eigenvalue weighted by molar-refractivity contribution is -0.140. The number of benzene rings is 1. The van der Waals surface area contributed by atoms with Gasteiger partial charge in [0.15, 0.2) is 0 Å². The predicted octanol–water partition coefficient (Wildman–Crippen LogP) is 3.24. The van der Waals surface area contributed by atoms with Crippen molar-refractivity contribution in [2.75, 3.05) is 19.8 Å². The van der Waals surface area contributed by atoms with Crippen LogP contribution in [0.2, 0.25) is 0 Å². The summed E-state index contributed by atoms with van der Waals surface area (Å²) < 4.78 is 5.35. The molecule has 3 rings (SSSR count). The summed E-state index contributed by atoms with van der Waals surface area (Å²) in [5.74, 6) is -1.46. The van der Waals surface area contributed by atoms with Gasteiger partial charge in [0.25, 0.3) is 11.7 Å².